The zero-order valence-electron chi connectivity index (χ0n) is 10.6. The van der Waals surface area contributed by atoms with Crippen LogP contribution in [0.15, 0.2) is 29.2 Å². The molecule has 0 atom stereocenters. The van der Waals surface area contributed by atoms with Crippen molar-refractivity contribution in [1.29, 1.82) is 0 Å². The van der Waals surface area contributed by atoms with Crippen LogP contribution in [0.4, 0.5) is 23.7 Å². The van der Waals surface area contributed by atoms with E-state index in [9.17, 15) is 18.0 Å². The summed E-state index contributed by atoms with van der Waals surface area (Å²) in [6.45, 7) is 4.60. The van der Waals surface area contributed by atoms with Crippen molar-refractivity contribution < 1.29 is 18.0 Å². The number of rotatable bonds is 4. The Morgan fingerprint density at radius 3 is 2.37 bits per heavy atom. The maximum Gasteiger partial charge on any atom is 0.446 e. The Bertz CT molecular complexity index is 433. The summed E-state index contributed by atoms with van der Waals surface area (Å²) in [6.07, 6.45) is 0. The van der Waals surface area contributed by atoms with Gasteiger partial charge < -0.3 is 10.2 Å². The van der Waals surface area contributed by atoms with E-state index in [0.717, 1.165) is 0 Å². The molecule has 0 radical (unpaired) electrons. The number of amides is 2. The molecule has 1 aromatic carbocycles. The van der Waals surface area contributed by atoms with Gasteiger partial charge in [0.25, 0.3) is 0 Å². The molecule has 0 saturated carbocycles. The molecular formula is C12H15F3N2OS. The summed E-state index contributed by atoms with van der Waals surface area (Å²) in [5, 5.41) is 2.50. The fraction of sp³-hybridized carbons (Fsp3) is 0.417. The van der Waals surface area contributed by atoms with Crippen molar-refractivity contribution in [3.63, 3.8) is 0 Å². The lowest BCUT2D eigenvalue weighted by molar-refractivity contribution is -0.0328. The molecule has 0 aromatic heterocycles. The van der Waals surface area contributed by atoms with Crippen molar-refractivity contribution >= 4 is 23.5 Å². The number of alkyl halides is 3. The van der Waals surface area contributed by atoms with Gasteiger partial charge in [-0.15, -0.1) is 0 Å². The molecule has 1 aromatic rings. The topological polar surface area (TPSA) is 32.3 Å². The molecule has 0 aliphatic rings. The summed E-state index contributed by atoms with van der Waals surface area (Å²) in [5.41, 5.74) is -4.21. The Morgan fingerprint density at radius 1 is 1.26 bits per heavy atom. The van der Waals surface area contributed by atoms with Crippen molar-refractivity contribution in [2.75, 3.05) is 18.4 Å². The lowest BCUT2D eigenvalue weighted by Gasteiger charge is -2.20. The minimum Gasteiger partial charge on any atom is -0.325 e. The predicted octanol–water partition coefficient (Wildman–Crippen LogP) is 4.17. The third-order valence-electron chi connectivity index (χ3n) is 2.41. The molecule has 0 spiro atoms. The standard InChI is InChI=1S/C12H15F3N2OS/c1-3-17(4-2)11(18)16-9-7-5-6-8-10(9)19-12(13,14)15/h5-8H,3-4H2,1-2H3,(H,16,18). The van der Waals surface area contributed by atoms with E-state index in [4.69, 9.17) is 0 Å². The van der Waals surface area contributed by atoms with Crippen LogP contribution in [0.3, 0.4) is 0 Å². The average molecular weight is 292 g/mol. The minimum atomic E-state index is -4.38. The first-order chi connectivity index (χ1) is 8.87. The summed E-state index contributed by atoms with van der Waals surface area (Å²) in [7, 11) is 0. The van der Waals surface area contributed by atoms with Crippen molar-refractivity contribution in [1.82, 2.24) is 4.90 Å². The van der Waals surface area contributed by atoms with E-state index in [2.05, 4.69) is 5.32 Å². The molecule has 0 unspecified atom stereocenters. The number of carbonyl (C=O) groups excluding carboxylic acids is 1. The van der Waals surface area contributed by atoms with Gasteiger partial charge in [-0.3, -0.25) is 0 Å². The molecule has 106 valence electrons. The van der Waals surface area contributed by atoms with Crippen LogP contribution in [0.1, 0.15) is 13.8 Å². The van der Waals surface area contributed by atoms with Gasteiger partial charge in [-0.1, -0.05) is 12.1 Å². The number of nitrogens with one attached hydrogen (secondary N) is 1. The summed E-state index contributed by atoms with van der Waals surface area (Å²) >= 11 is -0.237. The molecule has 0 aliphatic heterocycles. The third-order valence-corrected chi connectivity index (χ3v) is 3.21. The number of halogens is 3. The molecule has 0 saturated heterocycles. The summed E-state index contributed by atoms with van der Waals surface area (Å²) < 4.78 is 37.2. The van der Waals surface area contributed by atoms with Gasteiger partial charge in [-0.25, -0.2) is 4.79 Å². The molecule has 2 amide bonds. The van der Waals surface area contributed by atoms with Gasteiger partial charge in [0, 0.05) is 18.0 Å². The molecule has 19 heavy (non-hydrogen) atoms. The van der Waals surface area contributed by atoms with E-state index in [1.165, 1.54) is 23.1 Å². The molecule has 0 heterocycles. The van der Waals surface area contributed by atoms with Crippen molar-refractivity contribution in [2.45, 2.75) is 24.3 Å². The Hall–Kier alpha value is -1.37. The van der Waals surface area contributed by atoms with Gasteiger partial charge in [0.05, 0.1) is 5.69 Å². The molecule has 3 nitrogen and oxygen atoms in total. The first kappa shape index (κ1) is 15.7. The van der Waals surface area contributed by atoms with Gasteiger partial charge >= 0.3 is 11.5 Å². The quantitative estimate of drug-likeness (QED) is 0.845. The van der Waals surface area contributed by atoms with Gasteiger partial charge in [-0.05, 0) is 37.7 Å². The van der Waals surface area contributed by atoms with Crippen molar-refractivity contribution in [3.8, 4) is 0 Å². The van der Waals surface area contributed by atoms with E-state index in [1.54, 1.807) is 19.9 Å². The molecule has 1 rings (SSSR count). The number of nitrogens with zero attached hydrogens (tertiary/aromatic N) is 1. The number of thioether (sulfide) groups is 1. The van der Waals surface area contributed by atoms with E-state index in [0.29, 0.717) is 13.1 Å². The van der Waals surface area contributed by atoms with Crippen LogP contribution in [-0.4, -0.2) is 29.5 Å². The van der Waals surface area contributed by atoms with Gasteiger partial charge in [-0.2, -0.15) is 13.2 Å². The fourth-order valence-electron chi connectivity index (χ4n) is 1.49. The second kappa shape index (κ2) is 6.70. The second-order valence-corrected chi connectivity index (χ2v) is 4.75. The maximum atomic E-state index is 12.4. The molecular weight excluding hydrogens is 277 g/mol. The zero-order valence-corrected chi connectivity index (χ0v) is 11.4. The molecule has 0 fully saturated rings. The number of carbonyl (C=O) groups is 1. The summed E-state index contributed by atoms with van der Waals surface area (Å²) in [6, 6.07) is 5.46. The lowest BCUT2D eigenvalue weighted by Crippen LogP contribution is -2.34. The average Bonchev–Trinajstić information content (AvgIpc) is 2.31. The largest absolute Gasteiger partial charge is 0.446 e. The molecule has 7 heteroatoms. The fourth-order valence-corrected chi connectivity index (χ4v) is 2.11. The van der Waals surface area contributed by atoms with E-state index < -0.39 is 11.5 Å². The highest BCUT2D eigenvalue weighted by molar-refractivity contribution is 8.00. The van der Waals surface area contributed by atoms with Crippen LogP contribution < -0.4 is 5.32 Å². The second-order valence-electron chi connectivity index (χ2n) is 3.65. The zero-order chi connectivity index (χ0) is 14.5. The van der Waals surface area contributed by atoms with Crippen LogP contribution in [-0.2, 0) is 0 Å². The first-order valence-corrected chi connectivity index (χ1v) is 6.59. The van der Waals surface area contributed by atoms with Gasteiger partial charge in [0.15, 0.2) is 0 Å². The minimum absolute atomic E-state index is 0.0180. The molecule has 1 N–H and O–H groups in total. The Morgan fingerprint density at radius 2 is 1.84 bits per heavy atom. The highest BCUT2D eigenvalue weighted by Gasteiger charge is 2.30. The number of hydrogen-bond acceptors (Lipinski definition) is 2. The van der Waals surface area contributed by atoms with Crippen LogP contribution in [0, 0.1) is 0 Å². The predicted molar refractivity (Wildman–Crippen MR) is 70.3 cm³/mol. The van der Waals surface area contributed by atoms with Crippen LogP contribution in [0.25, 0.3) is 0 Å². The van der Waals surface area contributed by atoms with Crippen molar-refractivity contribution in [2.24, 2.45) is 0 Å². The number of benzene rings is 1. The maximum absolute atomic E-state index is 12.4. The number of para-hydroxylation sites is 1. The van der Waals surface area contributed by atoms with Crippen LogP contribution in [0.2, 0.25) is 0 Å². The van der Waals surface area contributed by atoms with Gasteiger partial charge in [0.2, 0.25) is 0 Å². The number of hydrogen-bond donors (Lipinski definition) is 1. The van der Waals surface area contributed by atoms with E-state index >= 15 is 0 Å². The normalized spacial score (nSPS) is 11.2. The first-order valence-electron chi connectivity index (χ1n) is 5.78. The van der Waals surface area contributed by atoms with Crippen LogP contribution >= 0.6 is 11.8 Å². The van der Waals surface area contributed by atoms with Crippen molar-refractivity contribution in [3.05, 3.63) is 24.3 Å². The highest BCUT2D eigenvalue weighted by Crippen LogP contribution is 2.40. The summed E-state index contributed by atoms with van der Waals surface area (Å²) in [5.74, 6) is 0. The summed E-state index contributed by atoms with van der Waals surface area (Å²) in [4.78, 5) is 13.3. The molecule has 0 bridgehead atoms. The Balaban J connectivity index is 2.86. The Kier molecular flexibility index (Phi) is 5.53. The lowest BCUT2D eigenvalue weighted by atomic mass is 10.3. The Labute approximate surface area is 114 Å². The van der Waals surface area contributed by atoms with Crippen LogP contribution in [0.5, 0.6) is 0 Å². The SMILES string of the molecule is CCN(CC)C(=O)Nc1ccccc1SC(F)(F)F. The van der Waals surface area contributed by atoms with Gasteiger partial charge in [0.1, 0.15) is 0 Å². The van der Waals surface area contributed by atoms with E-state index in [1.807, 2.05) is 0 Å². The number of anilines is 1. The van der Waals surface area contributed by atoms with E-state index in [-0.39, 0.29) is 22.3 Å². The monoisotopic (exact) mass is 292 g/mol. The molecule has 0 aliphatic carbocycles. The number of urea groups is 1. The third kappa shape index (κ3) is 5.02. The smallest absolute Gasteiger partial charge is 0.325 e. The highest BCUT2D eigenvalue weighted by atomic mass is 32.2.